The van der Waals surface area contributed by atoms with E-state index >= 15 is 0 Å². The minimum absolute atomic E-state index is 0.179. The van der Waals surface area contributed by atoms with Gasteiger partial charge in [0.2, 0.25) is 5.91 Å². The van der Waals surface area contributed by atoms with Gasteiger partial charge >= 0.3 is 0 Å². The highest BCUT2D eigenvalue weighted by Crippen LogP contribution is 2.28. The van der Waals surface area contributed by atoms with Gasteiger partial charge in [0.1, 0.15) is 17.3 Å². The maximum absolute atomic E-state index is 12.3. The molecular formula is C24H20N2O4S2. The van der Waals surface area contributed by atoms with E-state index < -0.39 is 21.5 Å². The summed E-state index contributed by atoms with van der Waals surface area (Å²) in [6.45, 7) is 0. The van der Waals surface area contributed by atoms with Crippen LogP contribution in [0.4, 0.5) is 5.13 Å². The van der Waals surface area contributed by atoms with Gasteiger partial charge in [0.15, 0.2) is 15.0 Å². The van der Waals surface area contributed by atoms with E-state index in [1.54, 1.807) is 29.6 Å². The van der Waals surface area contributed by atoms with Crippen molar-refractivity contribution in [2.24, 2.45) is 0 Å². The molecule has 32 heavy (non-hydrogen) atoms. The van der Waals surface area contributed by atoms with Gasteiger partial charge in [-0.15, -0.1) is 11.3 Å². The number of para-hydroxylation sites is 1. The zero-order chi connectivity index (χ0) is 22.4. The Hall–Kier alpha value is -3.49. The maximum Gasteiger partial charge on any atom is 0.241 e. The van der Waals surface area contributed by atoms with Crippen LogP contribution in [-0.2, 0) is 20.4 Å². The first-order chi connectivity index (χ1) is 15.5. The summed E-state index contributed by atoms with van der Waals surface area (Å²) in [7, 11) is -3.58. The smallest absolute Gasteiger partial charge is 0.241 e. The second-order valence-corrected chi connectivity index (χ2v) is 9.97. The molecule has 0 spiro atoms. The average Bonchev–Trinajstić information content (AvgIpc) is 3.23. The number of benzene rings is 3. The van der Waals surface area contributed by atoms with Crippen LogP contribution < -0.4 is 10.1 Å². The predicted octanol–water partition coefficient (Wildman–Crippen LogP) is 5.16. The van der Waals surface area contributed by atoms with Crippen molar-refractivity contribution >= 4 is 32.2 Å². The maximum atomic E-state index is 12.3. The summed E-state index contributed by atoms with van der Waals surface area (Å²) in [5, 5.41) is 4.74. The van der Waals surface area contributed by atoms with E-state index in [2.05, 4.69) is 10.3 Å². The molecule has 162 valence electrons. The Morgan fingerprint density at radius 2 is 1.50 bits per heavy atom. The molecule has 1 heterocycles. The SMILES string of the molecule is O=C(CS(=O)(=O)Cc1ccccc1)Nc1nc(-c2ccc(Oc3ccccc3)cc2)cs1. The molecule has 0 saturated carbocycles. The highest BCUT2D eigenvalue weighted by molar-refractivity contribution is 7.91. The van der Waals surface area contributed by atoms with Crippen LogP contribution in [0.3, 0.4) is 0 Å². The molecule has 0 radical (unpaired) electrons. The lowest BCUT2D eigenvalue weighted by atomic mass is 10.2. The quantitative estimate of drug-likeness (QED) is 0.389. The zero-order valence-electron chi connectivity index (χ0n) is 17.0. The average molecular weight is 465 g/mol. The largest absolute Gasteiger partial charge is 0.457 e. The number of anilines is 1. The van der Waals surface area contributed by atoms with Crippen LogP contribution in [0.5, 0.6) is 11.5 Å². The summed E-state index contributed by atoms with van der Waals surface area (Å²) >= 11 is 1.24. The van der Waals surface area contributed by atoms with E-state index in [1.807, 2.05) is 60.7 Å². The van der Waals surface area contributed by atoms with Gasteiger partial charge < -0.3 is 10.1 Å². The van der Waals surface area contributed by atoms with Gasteiger partial charge in [-0.3, -0.25) is 4.79 Å². The molecule has 0 aliphatic heterocycles. The fourth-order valence-corrected chi connectivity index (χ4v) is 5.03. The summed E-state index contributed by atoms with van der Waals surface area (Å²) in [6.07, 6.45) is 0. The summed E-state index contributed by atoms with van der Waals surface area (Å²) in [6, 6.07) is 25.7. The lowest BCUT2D eigenvalue weighted by molar-refractivity contribution is -0.113. The molecule has 4 rings (SSSR count). The van der Waals surface area contributed by atoms with Crippen molar-refractivity contribution in [3.8, 4) is 22.8 Å². The van der Waals surface area contributed by atoms with E-state index in [9.17, 15) is 13.2 Å². The molecule has 0 aliphatic rings. The molecular weight excluding hydrogens is 444 g/mol. The number of sulfone groups is 1. The minimum atomic E-state index is -3.58. The van der Waals surface area contributed by atoms with Crippen LogP contribution in [0.1, 0.15) is 5.56 Å². The molecule has 1 aromatic heterocycles. The zero-order valence-corrected chi connectivity index (χ0v) is 18.6. The number of rotatable bonds is 8. The van der Waals surface area contributed by atoms with Crippen LogP contribution in [-0.4, -0.2) is 25.1 Å². The lowest BCUT2D eigenvalue weighted by Crippen LogP contribution is -2.23. The third kappa shape index (κ3) is 6.03. The van der Waals surface area contributed by atoms with E-state index in [0.717, 1.165) is 11.3 Å². The number of aromatic nitrogens is 1. The normalized spacial score (nSPS) is 11.1. The van der Waals surface area contributed by atoms with Crippen molar-refractivity contribution in [2.45, 2.75) is 5.75 Å². The molecule has 6 nitrogen and oxygen atoms in total. The number of nitrogens with one attached hydrogen (secondary N) is 1. The number of carbonyl (C=O) groups is 1. The fraction of sp³-hybridized carbons (Fsp3) is 0.0833. The Labute approximate surface area is 190 Å². The van der Waals surface area contributed by atoms with Gasteiger partial charge in [-0.2, -0.15) is 0 Å². The molecule has 4 aromatic rings. The summed E-state index contributed by atoms with van der Waals surface area (Å²) in [5.74, 6) is 0.0753. The fourth-order valence-electron chi connectivity index (χ4n) is 3.02. The summed E-state index contributed by atoms with van der Waals surface area (Å²) < 4.78 is 30.4. The van der Waals surface area contributed by atoms with Crippen molar-refractivity contribution in [1.29, 1.82) is 0 Å². The first kappa shape index (κ1) is 21.7. The van der Waals surface area contributed by atoms with Gasteiger partial charge in [-0.1, -0.05) is 48.5 Å². The van der Waals surface area contributed by atoms with Crippen molar-refractivity contribution < 1.29 is 17.9 Å². The number of hydrogen-bond donors (Lipinski definition) is 1. The third-order valence-corrected chi connectivity index (χ3v) is 6.69. The molecule has 0 bridgehead atoms. The van der Waals surface area contributed by atoms with Crippen molar-refractivity contribution in [3.05, 3.63) is 95.9 Å². The Morgan fingerprint density at radius 3 is 2.19 bits per heavy atom. The topological polar surface area (TPSA) is 85.4 Å². The number of nitrogens with zero attached hydrogens (tertiary/aromatic N) is 1. The summed E-state index contributed by atoms with van der Waals surface area (Å²) in [4.78, 5) is 16.6. The third-order valence-electron chi connectivity index (χ3n) is 4.46. The highest BCUT2D eigenvalue weighted by atomic mass is 32.2. The molecule has 0 unspecified atom stereocenters. The van der Waals surface area contributed by atoms with E-state index in [-0.39, 0.29) is 5.75 Å². The van der Waals surface area contributed by atoms with Crippen molar-refractivity contribution in [3.63, 3.8) is 0 Å². The van der Waals surface area contributed by atoms with Crippen LogP contribution in [0.25, 0.3) is 11.3 Å². The van der Waals surface area contributed by atoms with Crippen LogP contribution in [0.2, 0.25) is 0 Å². The van der Waals surface area contributed by atoms with Gasteiger partial charge in [0.05, 0.1) is 11.4 Å². The molecule has 0 saturated heterocycles. The van der Waals surface area contributed by atoms with Crippen molar-refractivity contribution in [1.82, 2.24) is 4.98 Å². The molecule has 8 heteroatoms. The second-order valence-electron chi connectivity index (χ2n) is 7.04. The number of hydrogen-bond acceptors (Lipinski definition) is 6. The Morgan fingerprint density at radius 1 is 0.875 bits per heavy atom. The minimum Gasteiger partial charge on any atom is -0.457 e. The lowest BCUT2D eigenvalue weighted by Gasteiger charge is -2.06. The Balaban J connectivity index is 1.35. The first-order valence-electron chi connectivity index (χ1n) is 9.80. The van der Waals surface area contributed by atoms with Crippen LogP contribution in [0, 0.1) is 0 Å². The Kier molecular flexibility index (Phi) is 6.63. The number of amides is 1. The van der Waals surface area contributed by atoms with Crippen LogP contribution in [0.15, 0.2) is 90.3 Å². The van der Waals surface area contributed by atoms with Gasteiger partial charge in [-0.25, -0.2) is 13.4 Å². The molecule has 1 amide bonds. The molecule has 0 fully saturated rings. The van der Waals surface area contributed by atoms with Gasteiger partial charge in [0, 0.05) is 10.9 Å². The van der Waals surface area contributed by atoms with Crippen molar-refractivity contribution in [2.75, 3.05) is 11.1 Å². The van der Waals surface area contributed by atoms with Gasteiger partial charge in [-0.05, 0) is 42.0 Å². The van der Waals surface area contributed by atoms with Gasteiger partial charge in [0.25, 0.3) is 0 Å². The highest BCUT2D eigenvalue weighted by Gasteiger charge is 2.18. The predicted molar refractivity (Wildman–Crippen MR) is 127 cm³/mol. The first-order valence-corrected chi connectivity index (χ1v) is 12.5. The van der Waals surface area contributed by atoms with E-state index in [4.69, 9.17) is 4.74 Å². The number of carbonyl (C=O) groups excluding carboxylic acids is 1. The molecule has 3 aromatic carbocycles. The molecule has 0 aliphatic carbocycles. The monoisotopic (exact) mass is 464 g/mol. The molecule has 1 N–H and O–H groups in total. The second kappa shape index (κ2) is 9.76. The van der Waals surface area contributed by atoms with Crippen LogP contribution >= 0.6 is 11.3 Å². The standard InChI is InChI=1S/C24H20N2O4S2/c27-23(17-32(28,29)16-18-7-3-1-4-8-18)26-24-25-22(15-31-24)19-11-13-21(14-12-19)30-20-9-5-2-6-10-20/h1-15H,16-17H2,(H,25,26,27). The number of thiazole rings is 1. The van der Waals surface area contributed by atoms with E-state index in [1.165, 1.54) is 11.3 Å². The number of ether oxygens (including phenoxy) is 1. The molecule has 0 atom stereocenters. The summed E-state index contributed by atoms with van der Waals surface area (Å²) in [5.41, 5.74) is 2.19. The van der Waals surface area contributed by atoms with E-state index in [0.29, 0.717) is 22.1 Å². The Bertz CT molecular complexity index is 1290.